The van der Waals surface area contributed by atoms with Gasteiger partial charge in [0, 0.05) is 44.0 Å². The fourth-order valence-electron chi connectivity index (χ4n) is 3.95. The van der Waals surface area contributed by atoms with Gasteiger partial charge in [-0.1, -0.05) is 12.1 Å². The fourth-order valence-corrected chi connectivity index (χ4v) is 3.95. The van der Waals surface area contributed by atoms with Crippen LogP contribution in [0.1, 0.15) is 40.8 Å². The summed E-state index contributed by atoms with van der Waals surface area (Å²) in [5, 5.41) is 0. The molecule has 1 amide bonds. The van der Waals surface area contributed by atoms with Crippen LogP contribution in [0.15, 0.2) is 65.3 Å². The van der Waals surface area contributed by atoms with Crippen LogP contribution in [0.4, 0.5) is 0 Å². The molecule has 7 heteroatoms. The first-order valence-corrected chi connectivity index (χ1v) is 10.5. The molecule has 2 aromatic heterocycles. The molecule has 0 radical (unpaired) electrons. The lowest BCUT2D eigenvalue weighted by molar-refractivity contribution is 0.0706. The van der Waals surface area contributed by atoms with Gasteiger partial charge >= 0.3 is 0 Å². The van der Waals surface area contributed by atoms with Gasteiger partial charge in [-0.05, 0) is 49.2 Å². The van der Waals surface area contributed by atoms with E-state index in [2.05, 4.69) is 9.97 Å². The van der Waals surface area contributed by atoms with Crippen LogP contribution >= 0.6 is 0 Å². The predicted molar refractivity (Wildman–Crippen MR) is 116 cm³/mol. The Bertz CT molecular complexity index is 1150. The number of benzene rings is 2. The van der Waals surface area contributed by atoms with E-state index in [-0.39, 0.29) is 11.8 Å². The number of carbonyl (C=O) groups excluding carboxylic acids is 1. The maximum Gasteiger partial charge on any atom is 0.253 e. The molecule has 0 spiro atoms. The zero-order chi connectivity index (χ0) is 21.2. The number of para-hydroxylation sites is 2. The number of hydrogen-bond donors (Lipinski definition) is 0. The van der Waals surface area contributed by atoms with Crippen molar-refractivity contribution < 1.29 is 13.9 Å². The largest absolute Gasteiger partial charge is 0.486 e. The summed E-state index contributed by atoms with van der Waals surface area (Å²) in [6.45, 7) is 1.78. The van der Waals surface area contributed by atoms with E-state index in [0.29, 0.717) is 31.0 Å². The minimum Gasteiger partial charge on any atom is -0.486 e. The van der Waals surface area contributed by atoms with Gasteiger partial charge in [0.25, 0.3) is 5.91 Å². The zero-order valence-electron chi connectivity index (χ0n) is 17.4. The highest BCUT2D eigenvalue weighted by Gasteiger charge is 2.27. The number of ether oxygens (including phenoxy) is 1. The van der Waals surface area contributed by atoms with Crippen LogP contribution in [0, 0.1) is 0 Å². The molecule has 5 rings (SSSR count). The summed E-state index contributed by atoms with van der Waals surface area (Å²) in [5.41, 5.74) is 2.38. The number of hydrogen-bond acceptors (Lipinski definition) is 5. The van der Waals surface area contributed by atoms with E-state index < -0.39 is 0 Å². The number of likely N-dealkylation sites (tertiary alicyclic amines) is 1. The second-order valence-corrected chi connectivity index (χ2v) is 7.85. The fraction of sp³-hybridized carbons (Fsp3) is 0.292. The summed E-state index contributed by atoms with van der Waals surface area (Å²) in [7, 11) is 1.93. The Hall–Kier alpha value is -3.61. The molecule has 0 atom stereocenters. The number of aryl methyl sites for hydroxylation is 1. The Labute approximate surface area is 180 Å². The van der Waals surface area contributed by atoms with Gasteiger partial charge in [0.1, 0.15) is 23.7 Å². The van der Waals surface area contributed by atoms with Gasteiger partial charge in [-0.25, -0.2) is 9.97 Å². The van der Waals surface area contributed by atoms with Crippen molar-refractivity contribution in [3.05, 3.63) is 78.2 Å². The molecule has 1 aliphatic heterocycles. The predicted octanol–water partition coefficient (Wildman–Crippen LogP) is 4.16. The van der Waals surface area contributed by atoms with E-state index in [1.807, 2.05) is 71.2 Å². The third kappa shape index (κ3) is 4.03. The highest BCUT2D eigenvalue weighted by atomic mass is 16.5. The molecule has 3 heterocycles. The van der Waals surface area contributed by atoms with E-state index in [4.69, 9.17) is 9.15 Å². The Morgan fingerprint density at radius 3 is 2.61 bits per heavy atom. The number of aromatic nitrogens is 3. The number of oxazole rings is 1. The SMILES string of the molecule is Cn1ccnc1COc1ccc(C(=O)N2CCC(c3nc4ccccc4o3)CC2)cc1. The Morgan fingerprint density at radius 1 is 1.13 bits per heavy atom. The van der Waals surface area contributed by atoms with Gasteiger partial charge in [-0.3, -0.25) is 4.79 Å². The van der Waals surface area contributed by atoms with E-state index >= 15 is 0 Å². The van der Waals surface area contributed by atoms with Crippen LogP contribution in [0.2, 0.25) is 0 Å². The summed E-state index contributed by atoms with van der Waals surface area (Å²) in [5.74, 6) is 2.64. The zero-order valence-corrected chi connectivity index (χ0v) is 17.4. The topological polar surface area (TPSA) is 73.4 Å². The van der Waals surface area contributed by atoms with Crippen molar-refractivity contribution in [1.29, 1.82) is 0 Å². The number of fused-ring (bicyclic) bond motifs is 1. The Balaban J connectivity index is 1.17. The van der Waals surface area contributed by atoms with Crippen molar-refractivity contribution in [2.75, 3.05) is 13.1 Å². The van der Waals surface area contributed by atoms with Gasteiger partial charge in [0.2, 0.25) is 0 Å². The first-order chi connectivity index (χ1) is 15.2. The lowest BCUT2D eigenvalue weighted by atomic mass is 9.96. The molecule has 0 unspecified atom stereocenters. The van der Waals surface area contributed by atoms with E-state index in [1.54, 1.807) is 6.20 Å². The van der Waals surface area contributed by atoms with Crippen LogP contribution in [-0.4, -0.2) is 38.4 Å². The standard InChI is InChI=1S/C24H24N4O3/c1-27-15-12-25-22(27)16-30-19-8-6-18(7-9-19)24(29)28-13-10-17(11-14-28)23-26-20-4-2-3-5-21(20)31-23/h2-9,12,15,17H,10-11,13-14,16H2,1H3. The Morgan fingerprint density at radius 2 is 1.90 bits per heavy atom. The minimum absolute atomic E-state index is 0.0478. The average Bonchev–Trinajstić information content (AvgIpc) is 3.43. The van der Waals surface area contributed by atoms with E-state index in [1.165, 1.54) is 0 Å². The molecule has 0 aliphatic carbocycles. The second-order valence-electron chi connectivity index (χ2n) is 7.85. The van der Waals surface area contributed by atoms with Gasteiger partial charge in [0.05, 0.1) is 0 Å². The highest BCUT2D eigenvalue weighted by molar-refractivity contribution is 5.94. The molecule has 7 nitrogen and oxygen atoms in total. The number of nitrogens with zero attached hydrogens (tertiary/aromatic N) is 4. The lowest BCUT2D eigenvalue weighted by Crippen LogP contribution is -2.37. The minimum atomic E-state index is 0.0478. The summed E-state index contributed by atoms with van der Waals surface area (Å²) < 4.78 is 13.6. The highest BCUT2D eigenvalue weighted by Crippen LogP contribution is 2.30. The number of imidazole rings is 1. The van der Waals surface area contributed by atoms with Crippen molar-refractivity contribution in [3.63, 3.8) is 0 Å². The second kappa shape index (κ2) is 8.26. The van der Waals surface area contributed by atoms with Crippen LogP contribution in [0.3, 0.4) is 0 Å². The van der Waals surface area contributed by atoms with Crippen LogP contribution in [-0.2, 0) is 13.7 Å². The summed E-state index contributed by atoms with van der Waals surface area (Å²) in [6.07, 6.45) is 5.33. The Kier molecular flexibility index (Phi) is 5.16. The maximum absolute atomic E-state index is 12.9. The molecule has 0 bridgehead atoms. The van der Waals surface area contributed by atoms with Crippen molar-refractivity contribution in [1.82, 2.24) is 19.4 Å². The normalized spacial score (nSPS) is 14.8. The van der Waals surface area contributed by atoms with Gasteiger partial charge in [0.15, 0.2) is 11.5 Å². The molecular formula is C24H24N4O3. The van der Waals surface area contributed by atoms with Crippen molar-refractivity contribution in [2.45, 2.75) is 25.4 Å². The number of rotatable bonds is 5. The van der Waals surface area contributed by atoms with E-state index in [0.717, 1.165) is 35.7 Å². The average molecular weight is 416 g/mol. The van der Waals surface area contributed by atoms with Crippen LogP contribution < -0.4 is 4.74 Å². The molecule has 1 fully saturated rings. The summed E-state index contributed by atoms with van der Waals surface area (Å²) in [4.78, 5) is 23.7. The van der Waals surface area contributed by atoms with Crippen molar-refractivity contribution in [3.8, 4) is 5.75 Å². The quantitative estimate of drug-likeness (QED) is 0.488. The molecule has 2 aromatic carbocycles. The third-order valence-corrected chi connectivity index (χ3v) is 5.83. The summed E-state index contributed by atoms with van der Waals surface area (Å²) in [6, 6.07) is 15.1. The molecule has 158 valence electrons. The molecule has 0 saturated carbocycles. The van der Waals surface area contributed by atoms with Crippen LogP contribution in [0.25, 0.3) is 11.1 Å². The number of piperidine rings is 1. The maximum atomic E-state index is 12.9. The molecule has 0 N–H and O–H groups in total. The monoisotopic (exact) mass is 416 g/mol. The van der Waals surface area contributed by atoms with Gasteiger partial charge in [-0.2, -0.15) is 0 Å². The first kappa shape index (κ1) is 19.4. The van der Waals surface area contributed by atoms with Crippen molar-refractivity contribution in [2.24, 2.45) is 7.05 Å². The smallest absolute Gasteiger partial charge is 0.253 e. The molecular weight excluding hydrogens is 392 g/mol. The lowest BCUT2D eigenvalue weighted by Gasteiger charge is -2.30. The third-order valence-electron chi connectivity index (χ3n) is 5.83. The van der Waals surface area contributed by atoms with Gasteiger partial charge in [-0.15, -0.1) is 0 Å². The van der Waals surface area contributed by atoms with E-state index in [9.17, 15) is 4.79 Å². The van der Waals surface area contributed by atoms with Gasteiger partial charge < -0.3 is 18.6 Å². The molecule has 31 heavy (non-hydrogen) atoms. The molecule has 4 aromatic rings. The van der Waals surface area contributed by atoms with Crippen LogP contribution in [0.5, 0.6) is 5.75 Å². The number of amides is 1. The molecule has 1 saturated heterocycles. The molecule has 1 aliphatic rings. The number of carbonyl (C=O) groups is 1. The van der Waals surface area contributed by atoms with Crippen molar-refractivity contribution >= 4 is 17.0 Å². The summed E-state index contributed by atoms with van der Waals surface area (Å²) >= 11 is 0. The first-order valence-electron chi connectivity index (χ1n) is 10.5.